The van der Waals surface area contributed by atoms with Crippen molar-refractivity contribution >= 4 is 23.2 Å². The smallest absolute Gasteiger partial charge is 0.145 e. The Morgan fingerprint density at radius 3 is 2.62 bits per heavy atom. The molecule has 3 fully saturated rings. The van der Waals surface area contributed by atoms with E-state index in [1.54, 1.807) is 0 Å². The lowest BCUT2D eigenvalue weighted by molar-refractivity contribution is 0.00914. The van der Waals surface area contributed by atoms with Crippen molar-refractivity contribution in [3.05, 3.63) is 39.1 Å². The van der Waals surface area contributed by atoms with Gasteiger partial charge in [-0.1, -0.05) is 28.4 Å². The number of aryl methyl sites for hydroxylation is 1. The molecule has 0 amide bonds. The number of rotatable bonds is 5. The van der Waals surface area contributed by atoms with E-state index in [2.05, 4.69) is 10.5 Å². The molecule has 2 aromatic rings. The zero-order chi connectivity index (χ0) is 17.8. The summed E-state index contributed by atoms with van der Waals surface area (Å²) in [6.07, 6.45) is 4.94. The number of hydrogen-bond donors (Lipinski definition) is 1. The van der Waals surface area contributed by atoms with Crippen LogP contribution < -0.4 is 5.32 Å². The average molecular weight is 393 g/mol. The highest BCUT2D eigenvalue weighted by Crippen LogP contribution is 2.46. The van der Waals surface area contributed by atoms with E-state index in [1.807, 2.05) is 19.1 Å². The second-order valence-corrected chi connectivity index (χ2v) is 8.75. The third-order valence-corrected chi connectivity index (χ3v) is 6.53. The van der Waals surface area contributed by atoms with Crippen LogP contribution in [0.1, 0.15) is 48.5 Å². The van der Waals surface area contributed by atoms with Gasteiger partial charge < -0.3 is 14.6 Å². The highest BCUT2D eigenvalue weighted by molar-refractivity contribution is 6.39. The molecule has 0 spiro atoms. The van der Waals surface area contributed by atoms with E-state index in [9.17, 15) is 0 Å². The molecular formula is C20H22Cl2N2O2. The number of fused-ring (bicyclic) bond motifs is 2. The summed E-state index contributed by atoms with van der Waals surface area (Å²) in [5.74, 6) is 2.03. The molecule has 5 rings (SSSR count). The molecule has 1 aromatic carbocycles. The van der Waals surface area contributed by atoms with Gasteiger partial charge in [-0.05, 0) is 56.2 Å². The molecule has 138 valence electrons. The number of halogens is 2. The standard InChI is InChI=1S/C20H22Cl2N2O2/c1-10-4-15(21)18(16(22)5-10)19-14(20(26-24-19)11-2-3-11)9-25-17-7-13-6-12(17)8-23-13/h4-5,11-13,17,23H,2-3,6-9H2,1H3/t12-,13-,17+/m0/s1. The molecule has 3 atom stereocenters. The van der Waals surface area contributed by atoms with Crippen LogP contribution in [0.4, 0.5) is 0 Å². The van der Waals surface area contributed by atoms with Gasteiger partial charge in [0.15, 0.2) is 0 Å². The van der Waals surface area contributed by atoms with Crippen LogP contribution in [0.15, 0.2) is 16.7 Å². The van der Waals surface area contributed by atoms with Gasteiger partial charge in [0, 0.05) is 29.6 Å². The van der Waals surface area contributed by atoms with Gasteiger partial charge in [0.1, 0.15) is 11.5 Å². The van der Waals surface area contributed by atoms with E-state index in [1.165, 1.54) is 6.42 Å². The van der Waals surface area contributed by atoms with Crippen LogP contribution in [-0.4, -0.2) is 23.8 Å². The molecule has 2 aliphatic carbocycles. The van der Waals surface area contributed by atoms with Crippen molar-refractivity contribution in [3.63, 3.8) is 0 Å². The monoisotopic (exact) mass is 392 g/mol. The maximum Gasteiger partial charge on any atom is 0.145 e. The van der Waals surface area contributed by atoms with Crippen molar-refractivity contribution in [3.8, 4) is 11.3 Å². The molecular weight excluding hydrogens is 371 g/mol. The van der Waals surface area contributed by atoms with Gasteiger partial charge in [0.2, 0.25) is 0 Å². The van der Waals surface area contributed by atoms with Crippen molar-refractivity contribution in [1.82, 2.24) is 10.5 Å². The lowest BCUT2D eigenvalue weighted by Gasteiger charge is -2.23. The van der Waals surface area contributed by atoms with E-state index >= 15 is 0 Å². The number of aromatic nitrogens is 1. The number of hydrogen-bond acceptors (Lipinski definition) is 4. The van der Waals surface area contributed by atoms with Crippen molar-refractivity contribution in [2.45, 2.75) is 57.3 Å². The van der Waals surface area contributed by atoms with Gasteiger partial charge in [-0.15, -0.1) is 0 Å². The lowest BCUT2D eigenvalue weighted by Crippen LogP contribution is -2.34. The number of nitrogens with one attached hydrogen (secondary N) is 1. The molecule has 2 bridgehead atoms. The fourth-order valence-electron chi connectivity index (χ4n) is 4.43. The molecule has 2 saturated carbocycles. The first kappa shape index (κ1) is 17.1. The highest BCUT2D eigenvalue weighted by atomic mass is 35.5. The van der Waals surface area contributed by atoms with Crippen LogP contribution in [0.2, 0.25) is 10.0 Å². The molecule has 2 heterocycles. The van der Waals surface area contributed by atoms with E-state index < -0.39 is 0 Å². The molecule has 1 saturated heterocycles. The fraction of sp³-hybridized carbons (Fsp3) is 0.550. The maximum absolute atomic E-state index is 6.51. The van der Waals surface area contributed by atoms with Gasteiger partial charge in [0.05, 0.1) is 22.8 Å². The quantitative estimate of drug-likeness (QED) is 0.768. The molecule has 1 aromatic heterocycles. The Hall–Kier alpha value is -1.07. The Morgan fingerprint density at radius 2 is 2.00 bits per heavy atom. The Bertz CT molecular complexity index is 823. The minimum Gasteiger partial charge on any atom is -0.373 e. The van der Waals surface area contributed by atoms with Gasteiger partial charge in [-0.3, -0.25) is 0 Å². The van der Waals surface area contributed by atoms with E-state index in [0.29, 0.717) is 40.6 Å². The van der Waals surface area contributed by atoms with Gasteiger partial charge in [-0.2, -0.15) is 0 Å². The van der Waals surface area contributed by atoms with Gasteiger partial charge >= 0.3 is 0 Å². The Balaban J connectivity index is 1.47. The average Bonchev–Trinajstić information content (AvgIpc) is 3.02. The predicted octanol–water partition coefficient (Wildman–Crippen LogP) is 5.10. The summed E-state index contributed by atoms with van der Waals surface area (Å²) in [6.45, 7) is 3.56. The third kappa shape index (κ3) is 2.97. The van der Waals surface area contributed by atoms with Crippen LogP contribution in [0.5, 0.6) is 0 Å². The minimum absolute atomic E-state index is 0.319. The molecule has 0 unspecified atom stereocenters. The van der Waals surface area contributed by atoms with Gasteiger partial charge in [-0.25, -0.2) is 0 Å². The molecule has 4 nitrogen and oxygen atoms in total. The summed E-state index contributed by atoms with van der Waals surface area (Å²) in [4.78, 5) is 0. The number of piperidine rings is 1. The van der Waals surface area contributed by atoms with Crippen LogP contribution in [0.25, 0.3) is 11.3 Å². The molecule has 0 radical (unpaired) electrons. The molecule has 1 aliphatic heterocycles. The van der Waals surface area contributed by atoms with Crippen molar-refractivity contribution < 1.29 is 9.26 Å². The van der Waals surface area contributed by atoms with Crippen molar-refractivity contribution in [2.24, 2.45) is 5.92 Å². The minimum atomic E-state index is 0.319. The van der Waals surface area contributed by atoms with Gasteiger partial charge in [0.25, 0.3) is 0 Å². The summed E-state index contributed by atoms with van der Waals surface area (Å²) in [5, 5.41) is 9.10. The third-order valence-electron chi connectivity index (χ3n) is 5.93. The SMILES string of the molecule is Cc1cc(Cl)c(-c2noc(C3CC3)c2CO[C@@H]2C[C@@H]3C[C@H]2CN3)c(Cl)c1. The van der Waals surface area contributed by atoms with Crippen molar-refractivity contribution in [2.75, 3.05) is 6.54 Å². The number of nitrogens with zero attached hydrogens (tertiary/aromatic N) is 1. The lowest BCUT2D eigenvalue weighted by atomic mass is 10.0. The normalized spacial score (nSPS) is 27.4. The van der Waals surface area contributed by atoms with Crippen LogP contribution in [0, 0.1) is 12.8 Å². The van der Waals surface area contributed by atoms with Crippen LogP contribution >= 0.6 is 23.2 Å². The topological polar surface area (TPSA) is 47.3 Å². The summed E-state index contributed by atoms with van der Waals surface area (Å²) < 4.78 is 12.1. The maximum atomic E-state index is 6.51. The summed E-state index contributed by atoms with van der Waals surface area (Å²) in [7, 11) is 0. The zero-order valence-electron chi connectivity index (χ0n) is 14.7. The largest absolute Gasteiger partial charge is 0.373 e. The second-order valence-electron chi connectivity index (χ2n) is 7.94. The summed E-state index contributed by atoms with van der Waals surface area (Å²) in [5.41, 5.74) is 3.55. The van der Waals surface area contributed by atoms with Crippen molar-refractivity contribution in [1.29, 1.82) is 0 Å². The number of benzene rings is 1. The summed E-state index contributed by atoms with van der Waals surface area (Å²) in [6, 6.07) is 4.46. The first-order valence-corrected chi connectivity index (χ1v) is 10.1. The predicted molar refractivity (Wildman–Crippen MR) is 102 cm³/mol. The molecule has 6 heteroatoms. The first-order valence-electron chi connectivity index (χ1n) is 9.39. The van der Waals surface area contributed by atoms with Crippen LogP contribution in [0.3, 0.4) is 0 Å². The van der Waals surface area contributed by atoms with E-state index in [-0.39, 0.29) is 0 Å². The Morgan fingerprint density at radius 1 is 1.23 bits per heavy atom. The number of ether oxygens (including phenoxy) is 1. The second kappa shape index (κ2) is 6.52. The Labute approximate surface area is 163 Å². The van der Waals surface area contributed by atoms with E-state index in [4.69, 9.17) is 32.5 Å². The molecule has 1 N–H and O–H groups in total. The van der Waals surface area contributed by atoms with Crippen LogP contribution in [-0.2, 0) is 11.3 Å². The Kier molecular flexibility index (Phi) is 4.28. The fourth-order valence-corrected chi connectivity index (χ4v) is 5.21. The highest BCUT2D eigenvalue weighted by Gasteiger charge is 2.41. The summed E-state index contributed by atoms with van der Waals surface area (Å²) >= 11 is 13.0. The zero-order valence-corrected chi connectivity index (χ0v) is 16.2. The molecule has 3 aliphatic rings. The first-order chi connectivity index (χ1) is 12.6. The molecule has 26 heavy (non-hydrogen) atoms. The van der Waals surface area contributed by atoms with E-state index in [0.717, 1.165) is 54.0 Å².